The van der Waals surface area contributed by atoms with Gasteiger partial charge >= 0.3 is 0 Å². The summed E-state index contributed by atoms with van der Waals surface area (Å²) in [5.74, 6) is 0.199. The van der Waals surface area contributed by atoms with Crippen LogP contribution in [0.3, 0.4) is 0 Å². The minimum atomic E-state index is -3.86. The molecule has 2 aromatic heterocycles. The molecule has 0 radical (unpaired) electrons. The lowest BCUT2D eigenvalue weighted by atomic mass is 9.88. The largest absolute Gasteiger partial charge is 0.458 e. The molecule has 0 aliphatic rings. The summed E-state index contributed by atoms with van der Waals surface area (Å²) >= 11 is 0. The molecule has 1 unspecified atom stereocenters. The second kappa shape index (κ2) is 8.98. The SMILES string of the molecule is Cc1ccc(S(=O)(=O)Nc2c(C(c3ccccc3)c3c[nH]c4cc(C)ccc34)oc3ccccc23)cc1. The number of aryl methyl sites for hydroxylation is 2. The Morgan fingerprint density at radius 1 is 0.784 bits per heavy atom. The molecule has 0 aliphatic carbocycles. The van der Waals surface area contributed by atoms with Gasteiger partial charge in [-0.1, -0.05) is 72.3 Å². The van der Waals surface area contributed by atoms with Crippen molar-refractivity contribution in [3.8, 4) is 0 Å². The predicted molar refractivity (Wildman–Crippen MR) is 149 cm³/mol. The second-order valence-electron chi connectivity index (χ2n) is 9.39. The molecule has 1 atom stereocenters. The number of aromatic amines is 1. The Balaban J connectivity index is 1.59. The highest BCUT2D eigenvalue weighted by Gasteiger charge is 2.30. The number of anilines is 1. The number of furan rings is 1. The van der Waals surface area contributed by atoms with Crippen molar-refractivity contribution in [2.45, 2.75) is 24.7 Å². The van der Waals surface area contributed by atoms with Crippen LogP contribution in [0.15, 0.2) is 113 Å². The molecule has 0 fully saturated rings. The van der Waals surface area contributed by atoms with Gasteiger partial charge in [0.05, 0.1) is 16.5 Å². The van der Waals surface area contributed by atoms with Crippen molar-refractivity contribution in [1.29, 1.82) is 0 Å². The van der Waals surface area contributed by atoms with Gasteiger partial charge in [0, 0.05) is 22.5 Å². The van der Waals surface area contributed by atoms with E-state index in [4.69, 9.17) is 4.42 Å². The molecule has 184 valence electrons. The van der Waals surface area contributed by atoms with Crippen molar-refractivity contribution in [3.63, 3.8) is 0 Å². The number of fused-ring (bicyclic) bond motifs is 2. The van der Waals surface area contributed by atoms with Crippen LogP contribution in [-0.4, -0.2) is 13.4 Å². The van der Waals surface area contributed by atoms with Gasteiger partial charge in [-0.15, -0.1) is 0 Å². The highest BCUT2D eigenvalue weighted by molar-refractivity contribution is 7.92. The molecule has 0 amide bonds. The Labute approximate surface area is 215 Å². The van der Waals surface area contributed by atoms with Crippen LogP contribution in [0.1, 0.15) is 33.9 Å². The monoisotopic (exact) mass is 506 g/mol. The fourth-order valence-electron chi connectivity index (χ4n) is 4.90. The van der Waals surface area contributed by atoms with Gasteiger partial charge in [-0.25, -0.2) is 8.42 Å². The first kappa shape index (κ1) is 23.1. The van der Waals surface area contributed by atoms with Crippen molar-refractivity contribution in [2.24, 2.45) is 0 Å². The molecule has 0 aliphatic heterocycles. The number of sulfonamides is 1. The summed E-state index contributed by atoms with van der Waals surface area (Å²) in [5.41, 5.74) is 6.26. The topological polar surface area (TPSA) is 75.1 Å². The van der Waals surface area contributed by atoms with E-state index in [0.717, 1.165) is 33.2 Å². The minimum Gasteiger partial charge on any atom is -0.458 e. The molecule has 0 saturated heterocycles. The van der Waals surface area contributed by atoms with Crippen molar-refractivity contribution in [2.75, 3.05) is 4.72 Å². The first-order valence-electron chi connectivity index (χ1n) is 12.1. The van der Waals surface area contributed by atoms with Crippen LogP contribution in [0, 0.1) is 13.8 Å². The van der Waals surface area contributed by atoms with Gasteiger partial charge < -0.3 is 9.40 Å². The Kier molecular flexibility index (Phi) is 5.61. The summed E-state index contributed by atoms with van der Waals surface area (Å²) in [6, 6.07) is 30.7. The average Bonchev–Trinajstić information content (AvgIpc) is 3.46. The predicted octanol–water partition coefficient (Wildman–Crippen LogP) is 7.51. The van der Waals surface area contributed by atoms with E-state index < -0.39 is 10.0 Å². The lowest BCUT2D eigenvalue weighted by Crippen LogP contribution is -2.15. The molecule has 6 aromatic rings. The third-order valence-electron chi connectivity index (χ3n) is 6.77. The number of nitrogens with one attached hydrogen (secondary N) is 2. The molecule has 6 heteroatoms. The summed E-state index contributed by atoms with van der Waals surface area (Å²) in [5, 5.41) is 1.78. The Hall–Kier alpha value is -4.29. The molecule has 0 bridgehead atoms. The molecule has 4 aromatic carbocycles. The van der Waals surface area contributed by atoms with Crippen LogP contribution in [0.2, 0.25) is 0 Å². The van der Waals surface area contributed by atoms with E-state index in [9.17, 15) is 8.42 Å². The maximum absolute atomic E-state index is 13.5. The summed E-state index contributed by atoms with van der Waals surface area (Å²) in [4.78, 5) is 3.60. The van der Waals surface area contributed by atoms with Crippen molar-refractivity contribution >= 4 is 37.6 Å². The van der Waals surface area contributed by atoms with E-state index >= 15 is 0 Å². The number of aromatic nitrogens is 1. The first-order chi connectivity index (χ1) is 17.9. The molecular formula is C31H26N2O3S. The quantitative estimate of drug-likeness (QED) is 0.245. The smallest absolute Gasteiger partial charge is 0.262 e. The third-order valence-corrected chi connectivity index (χ3v) is 8.13. The Morgan fingerprint density at radius 2 is 1.49 bits per heavy atom. The molecule has 5 nitrogen and oxygen atoms in total. The maximum atomic E-state index is 13.5. The van der Waals surface area contributed by atoms with E-state index in [1.807, 2.05) is 67.7 Å². The number of hydrogen-bond donors (Lipinski definition) is 2. The van der Waals surface area contributed by atoms with E-state index in [-0.39, 0.29) is 10.8 Å². The lowest BCUT2D eigenvalue weighted by molar-refractivity contribution is 0.544. The highest BCUT2D eigenvalue weighted by Crippen LogP contribution is 2.44. The second-order valence-corrected chi connectivity index (χ2v) is 11.1. The van der Waals surface area contributed by atoms with Crippen molar-refractivity contribution in [3.05, 3.63) is 131 Å². The Morgan fingerprint density at radius 3 is 2.27 bits per heavy atom. The van der Waals surface area contributed by atoms with Gasteiger partial charge in [0.1, 0.15) is 11.3 Å². The zero-order valence-electron chi connectivity index (χ0n) is 20.5. The molecule has 2 N–H and O–H groups in total. The van der Waals surface area contributed by atoms with E-state index in [2.05, 4.69) is 34.8 Å². The van der Waals surface area contributed by atoms with Gasteiger partial charge in [0.15, 0.2) is 0 Å². The molecule has 2 heterocycles. The summed E-state index contributed by atoms with van der Waals surface area (Å²) < 4.78 is 36.4. The average molecular weight is 507 g/mol. The minimum absolute atomic E-state index is 0.202. The van der Waals surface area contributed by atoms with Gasteiger partial charge in [-0.05, 0) is 60.9 Å². The molecule has 37 heavy (non-hydrogen) atoms. The molecule has 6 rings (SSSR count). The zero-order valence-corrected chi connectivity index (χ0v) is 21.3. The summed E-state index contributed by atoms with van der Waals surface area (Å²) in [6.07, 6.45) is 1.99. The van der Waals surface area contributed by atoms with Crippen LogP contribution in [0.4, 0.5) is 5.69 Å². The molecule has 0 spiro atoms. The zero-order chi connectivity index (χ0) is 25.6. The standard InChI is InChI=1S/C31H26N2O3S/c1-20-12-15-23(16-13-20)37(34,35)33-30-25-10-6-7-11-28(25)36-31(30)29(22-8-4-3-5-9-22)26-19-32-27-18-21(2)14-17-24(26)27/h3-19,29,32-33H,1-2H3. The number of hydrogen-bond acceptors (Lipinski definition) is 3. The van der Waals surface area contributed by atoms with Gasteiger partial charge in [0.25, 0.3) is 10.0 Å². The Bertz CT molecular complexity index is 1830. The van der Waals surface area contributed by atoms with E-state index in [0.29, 0.717) is 22.4 Å². The van der Waals surface area contributed by atoms with Crippen LogP contribution in [-0.2, 0) is 10.0 Å². The third kappa shape index (κ3) is 4.19. The van der Waals surface area contributed by atoms with Crippen molar-refractivity contribution in [1.82, 2.24) is 4.98 Å². The number of rotatable bonds is 6. The van der Waals surface area contributed by atoms with Crippen molar-refractivity contribution < 1.29 is 12.8 Å². The number of para-hydroxylation sites is 1. The molecular weight excluding hydrogens is 480 g/mol. The van der Waals surface area contributed by atoms with Crippen LogP contribution < -0.4 is 4.72 Å². The summed E-state index contributed by atoms with van der Waals surface area (Å²) in [7, 11) is -3.86. The van der Waals surface area contributed by atoms with Gasteiger partial charge in [-0.3, -0.25) is 4.72 Å². The maximum Gasteiger partial charge on any atom is 0.262 e. The summed E-state index contributed by atoms with van der Waals surface area (Å²) in [6.45, 7) is 3.99. The van der Waals surface area contributed by atoms with Crippen LogP contribution >= 0.6 is 0 Å². The number of H-pyrrole nitrogens is 1. The first-order valence-corrected chi connectivity index (χ1v) is 13.6. The molecule has 0 saturated carbocycles. The van der Waals surface area contributed by atoms with Crippen LogP contribution in [0.5, 0.6) is 0 Å². The lowest BCUT2D eigenvalue weighted by Gasteiger charge is -2.18. The number of benzene rings is 4. The van der Waals surface area contributed by atoms with Gasteiger partial charge in [0.2, 0.25) is 0 Å². The highest BCUT2D eigenvalue weighted by atomic mass is 32.2. The fraction of sp³-hybridized carbons (Fsp3) is 0.0968. The fourth-order valence-corrected chi connectivity index (χ4v) is 5.99. The van der Waals surface area contributed by atoms with E-state index in [1.54, 1.807) is 24.3 Å². The van der Waals surface area contributed by atoms with Crippen LogP contribution in [0.25, 0.3) is 21.9 Å². The van der Waals surface area contributed by atoms with E-state index in [1.165, 1.54) is 0 Å². The van der Waals surface area contributed by atoms with Gasteiger partial charge in [-0.2, -0.15) is 0 Å². The normalized spacial score (nSPS) is 12.7.